The van der Waals surface area contributed by atoms with Crippen LogP contribution in [-0.4, -0.2) is 16.3 Å². The summed E-state index contributed by atoms with van der Waals surface area (Å²) in [4.78, 5) is 1.45. The van der Waals surface area contributed by atoms with Crippen LogP contribution in [0.25, 0.3) is 0 Å². The van der Waals surface area contributed by atoms with Gasteiger partial charge in [-0.3, -0.25) is 0 Å². The maximum absolute atomic E-state index is 4.40. The van der Waals surface area contributed by atoms with Gasteiger partial charge in [0.15, 0.2) is 0 Å². The molecule has 0 aliphatic carbocycles. The molecule has 0 bridgehead atoms. The Hall–Kier alpha value is -1.29. The topological polar surface area (TPSA) is 29.9 Å². The molecule has 1 unspecified atom stereocenters. The number of rotatable bonds is 1. The van der Waals surface area contributed by atoms with Gasteiger partial charge in [0.2, 0.25) is 0 Å². The lowest BCUT2D eigenvalue weighted by Gasteiger charge is -2.25. The summed E-state index contributed by atoms with van der Waals surface area (Å²) >= 11 is 1.83. The van der Waals surface area contributed by atoms with Crippen molar-refractivity contribution >= 4 is 17.2 Å². The van der Waals surface area contributed by atoms with Crippen molar-refractivity contribution < 1.29 is 0 Å². The van der Waals surface area contributed by atoms with Gasteiger partial charge < -0.3 is 5.32 Å². The highest BCUT2D eigenvalue weighted by Gasteiger charge is 2.23. The van der Waals surface area contributed by atoms with Crippen LogP contribution in [0.5, 0.6) is 0 Å². The van der Waals surface area contributed by atoms with Gasteiger partial charge in [-0.15, -0.1) is 11.3 Å². The molecule has 0 fully saturated rings. The number of thiophene rings is 1. The number of nitrogens with one attached hydrogen (secondary N) is 1. The van der Waals surface area contributed by atoms with Crippen molar-refractivity contribution in [3.8, 4) is 0 Å². The second-order valence-corrected chi connectivity index (χ2v) is 4.81. The van der Waals surface area contributed by atoms with Crippen molar-refractivity contribution in [2.24, 2.45) is 0 Å². The van der Waals surface area contributed by atoms with E-state index in [9.17, 15) is 0 Å². The molecule has 78 valence electrons. The fraction of sp³-hybridized carbons (Fsp3) is 0.364. The fourth-order valence-electron chi connectivity index (χ4n) is 2.13. The molecule has 1 N–H and O–H groups in total. The molecule has 0 aromatic carbocycles. The Morgan fingerprint density at radius 3 is 3.27 bits per heavy atom. The predicted octanol–water partition coefficient (Wildman–Crippen LogP) is 2.66. The molecule has 1 aliphatic rings. The third kappa shape index (κ3) is 1.36. The zero-order valence-electron chi connectivity index (χ0n) is 8.60. The van der Waals surface area contributed by atoms with Gasteiger partial charge in [0.25, 0.3) is 0 Å². The van der Waals surface area contributed by atoms with Crippen LogP contribution in [0.3, 0.4) is 0 Å². The summed E-state index contributed by atoms with van der Waals surface area (Å²) in [6.45, 7) is 3.21. The number of fused-ring (bicyclic) bond motifs is 1. The Morgan fingerprint density at radius 2 is 2.47 bits per heavy atom. The van der Waals surface area contributed by atoms with Crippen LogP contribution >= 0.6 is 11.3 Å². The number of nitrogens with zero attached hydrogens (tertiary/aromatic N) is 2. The summed E-state index contributed by atoms with van der Waals surface area (Å²) in [5.41, 5.74) is 1.38. The predicted molar refractivity (Wildman–Crippen MR) is 62.5 cm³/mol. The van der Waals surface area contributed by atoms with Crippen LogP contribution in [0.2, 0.25) is 0 Å². The van der Waals surface area contributed by atoms with E-state index in [4.69, 9.17) is 0 Å². The average Bonchev–Trinajstić information content (AvgIpc) is 2.85. The number of hydrogen-bond acceptors (Lipinski definition) is 3. The minimum absolute atomic E-state index is 0.427. The van der Waals surface area contributed by atoms with Crippen LogP contribution in [0.4, 0.5) is 5.82 Å². The lowest BCUT2D eigenvalue weighted by atomic mass is 10.1. The van der Waals surface area contributed by atoms with Crippen molar-refractivity contribution in [1.29, 1.82) is 0 Å². The molecule has 1 atom stereocenters. The third-order valence-corrected chi connectivity index (χ3v) is 4.01. The maximum Gasteiger partial charge on any atom is 0.124 e. The Kier molecular flexibility index (Phi) is 2.02. The highest BCUT2D eigenvalue weighted by atomic mass is 32.1. The van der Waals surface area contributed by atoms with Gasteiger partial charge in [-0.05, 0) is 30.4 Å². The van der Waals surface area contributed by atoms with Crippen molar-refractivity contribution in [3.05, 3.63) is 34.2 Å². The molecule has 2 aromatic rings. The lowest BCUT2D eigenvalue weighted by Crippen LogP contribution is -2.23. The van der Waals surface area contributed by atoms with E-state index in [1.165, 1.54) is 10.4 Å². The Balaban J connectivity index is 2.07. The molecule has 0 saturated carbocycles. The normalized spacial score (nSPS) is 19.7. The molecule has 0 spiro atoms. The maximum atomic E-state index is 4.40. The van der Waals surface area contributed by atoms with Crippen molar-refractivity contribution in [2.75, 3.05) is 11.9 Å². The lowest BCUT2D eigenvalue weighted by molar-refractivity contribution is 0.487. The van der Waals surface area contributed by atoms with Crippen LogP contribution < -0.4 is 5.32 Å². The van der Waals surface area contributed by atoms with Crippen LogP contribution in [0.1, 0.15) is 22.9 Å². The first-order chi connectivity index (χ1) is 7.36. The highest BCUT2D eigenvalue weighted by molar-refractivity contribution is 7.10. The van der Waals surface area contributed by atoms with Gasteiger partial charge in [-0.2, -0.15) is 5.10 Å². The summed E-state index contributed by atoms with van der Waals surface area (Å²) in [6, 6.07) is 4.65. The molecule has 2 aromatic heterocycles. The quantitative estimate of drug-likeness (QED) is 0.799. The van der Waals surface area contributed by atoms with Gasteiger partial charge in [0.1, 0.15) is 5.82 Å². The Morgan fingerprint density at radius 1 is 1.53 bits per heavy atom. The van der Waals surface area contributed by atoms with Crippen molar-refractivity contribution in [3.63, 3.8) is 0 Å². The summed E-state index contributed by atoms with van der Waals surface area (Å²) in [5, 5.41) is 9.92. The minimum atomic E-state index is 0.427. The Labute approximate surface area is 92.7 Å². The standard InChI is InChI=1S/C11H13N3S/c1-8-4-7-15-11(8)9-2-5-12-10-3-6-13-14(9)10/h3-4,6-7,9,12H,2,5H2,1H3. The van der Waals surface area contributed by atoms with E-state index < -0.39 is 0 Å². The van der Waals surface area contributed by atoms with E-state index in [2.05, 4.69) is 33.5 Å². The molecule has 3 heterocycles. The van der Waals surface area contributed by atoms with Crippen LogP contribution in [0.15, 0.2) is 23.7 Å². The zero-order chi connectivity index (χ0) is 10.3. The summed E-state index contributed by atoms with van der Waals surface area (Å²) in [6.07, 6.45) is 2.99. The molecule has 1 aliphatic heterocycles. The monoisotopic (exact) mass is 219 g/mol. The summed E-state index contributed by atoms with van der Waals surface area (Å²) in [7, 11) is 0. The first-order valence-corrected chi connectivity index (χ1v) is 6.05. The molecule has 0 radical (unpaired) electrons. The largest absolute Gasteiger partial charge is 0.370 e. The van der Waals surface area contributed by atoms with E-state index in [1.54, 1.807) is 0 Å². The molecule has 0 saturated heterocycles. The van der Waals surface area contributed by atoms with Gasteiger partial charge >= 0.3 is 0 Å². The number of aryl methyl sites for hydroxylation is 1. The fourth-order valence-corrected chi connectivity index (χ4v) is 3.18. The van der Waals surface area contributed by atoms with Gasteiger partial charge in [-0.1, -0.05) is 0 Å². The van der Waals surface area contributed by atoms with E-state index in [1.807, 2.05) is 23.6 Å². The van der Waals surface area contributed by atoms with E-state index in [0.29, 0.717) is 6.04 Å². The smallest absolute Gasteiger partial charge is 0.124 e. The number of aromatic nitrogens is 2. The molecular weight excluding hydrogens is 206 g/mol. The van der Waals surface area contributed by atoms with Crippen molar-refractivity contribution in [2.45, 2.75) is 19.4 Å². The minimum Gasteiger partial charge on any atom is -0.370 e. The molecule has 3 rings (SSSR count). The van der Waals surface area contributed by atoms with Gasteiger partial charge in [-0.25, -0.2) is 4.68 Å². The molecule has 0 amide bonds. The van der Waals surface area contributed by atoms with Gasteiger partial charge in [0, 0.05) is 17.5 Å². The SMILES string of the molecule is Cc1ccsc1C1CCNc2ccnn21. The third-order valence-electron chi connectivity index (χ3n) is 2.89. The summed E-state index contributed by atoms with van der Waals surface area (Å²) < 4.78 is 2.10. The van der Waals surface area contributed by atoms with E-state index in [-0.39, 0.29) is 0 Å². The molecule has 15 heavy (non-hydrogen) atoms. The highest BCUT2D eigenvalue weighted by Crippen LogP contribution is 2.33. The zero-order valence-corrected chi connectivity index (χ0v) is 9.42. The Bertz CT molecular complexity index is 472. The molecule has 4 heteroatoms. The van der Waals surface area contributed by atoms with E-state index >= 15 is 0 Å². The molecular formula is C11H13N3S. The van der Waals surface area contributed by atoms with Gasteiger partial charge in [0.05, 0.1) is 12.2 Å². The number of anilines is 1. The second-order valence-electron chi connectivity index (χ2n) is 3.86. The summed E-state index contributed by atoms with van der Waals surface area (Å²) in [5.74, 6) is 1.14. The first kappa shape index (κ1) is 8.97. The molecule has 3 nitrogen and oxygen atoms in total. The van der Waals surface area contributed by atoms with Crippen LogP contribution in [0, 0.1) is 6.92 Å². The second kappa shape index (κ2) is 3.38. The van der Waals surface area contributed by atoms with Crippen LogP contribution in [-0.2, 0) is 0 Å². The number of hydrogen-bond donors (Lipinski definition) is 1. The van der Waals surface area contributed by atoms with E-state index in [0.717, 1.165) is 18.8 Å². The average molecular weight is 219 g/mol. The first-order valence-electron chi connectivity index (χ1n) is 5.17. The van der Waals surface area contributed by atoms with Crippen molar-refractivity contribution in [1.82, 2.24) is 9.78 Å².